The number of guanidine groups is 1. The van der Waals surface area contributed by atoms with Gasteiger partial charge in [-0.15, -0.1) is 11.3 Å². The van der Waals surface area contributed by atoms with E-state index in [-0.39, 0.29) is 0 Å². The van der Waals surface area contributed by atoms with Crippen molar-refractivity contribution in [3.05, 3.63) is 51.7 Å². The number of aliphatic imine (C=N–C) groups is 1. The van der Waals surface area contributed by atoms with E-state index in [4.69, 9.17) is 0 Å². The summed E-state index contributed by atoms with van der Waals surface area (Å²) in [5.74, 6) is 0.920. The first-order chi connectivity index (χ1) is 13.7. The summed E-state index contributed by atoms with van der Waals surface area (Å²) in [5.41, 5.74) is 4.14. The zero-order valence-corrected chi connectivity index (χ0v) is 17.8. The second-order valence-electron chi connectivity index (χ2n) is 7.81. The number of hydrogen-bond acceptors (Lipinski definition) is 4. The summed E-state index contributed by atoms with van der Waals surface area (Å²) in [6.45, 7) is 8.47. The van der Waals surface area contributed by atoms with Crippen LogP contribution in [0.25, 0.3) is 0 Å². The number of nitrogens with one attached hydrogen (secondary N) is 2. The number of nitrogens with zero attached hydrogens (tertiary/aromatic N) is 3. The third-order valence-electron chi connectivity index (χ3n) is 5.76. The first kappa shape index (κ1) is 19.3. The molecule has 0 amide bonds. The monoisotopic (exact) mass is 397 g/mol. The van der Waals surface area contributed by atoms with E-state index in [0.717, 1.165) is 51.6 Å². The molecule has 2 aromatic rings. The van der Waals surface area contributed by atoms with Gasteiger partial charge in [0.15, 0.2) is 5.96 Å². The SMILES string of the molecule is CN=C(NCCN1CCc2sccc2C1)NC1CCN(c2ccc(C)cc2)C1. The van der Waals surface area contributed by atoms with Crippen molar-refractivity contribution in [3.8, 4) is 0 Å². The molecule has 3 heterocycles. The van der Waals surface area contributed by atoms with Gasteiger partial charge in [0, 0.05) is 62.9 Å². The molecule has 0 spiro atoms. The Morgan fingerprint density at radius 3 is 2.89 bits per heavy atom. The summed E-state index contributed by atoms with van der Waals surface area (Å²) in [4.78, 5) is 11.0. The Balaban J connectivity index is 1.20. The molecule has 1 unspecified atom stereocenters. The maximum absolute atomic E-state index is 4.43. The van der Waals surface area contributed by atoms with Crippen molar-refractivity contribution in [2.45, 2.75) is 32.4 Å². The van der Waals surface area contributed by atoms with Gasteiger partial charge in [0.05, 0.1) is 0 Å². The quantitative estimate of drug-likeness (QED) is 0.601. The number of benzene rings is 1. The van der Waals surface area contributed by atoms with Crippen LogP contribution in [0.5, 0.6) is 0 Å². The lowest BCUT2D eigenvalue weighted by molar-refractivity contribution is 0.260. The van der Waals surface area contributed by atoms with Gasteiger partial charge in [0.1, 0.15) is 0 Å². The second-order valence-corrected chi connectivity index (χ2v) is 8.81. The third-order valence-corrected chi connectivity index (χ3v) is 6.78. The van der Waals surface area contributed by atoms with Gasteiger partial charge in [-0.05, 0) is 48.9 Å². The van der Waals surface area contributed by atoms with Crippen LogP contribution in [-0.2, 0) is 13.0 Å². The molecule has 2 aliphatic rings. The van der Waals surface area contributed by atoms with Gasteiger partial charge >= 0.3 is 0 Å². The molecule has 1 saturated heterocycles. The first-order valence-corrected chi connectivity index (χ1v) is 11.2. The molecule has 1 aromatic heterocycles. The molecule has 1 fully saturated rings. The molecule has 4 rings (SSSR count). The Labute approximate surface area is 172 Å². The van der Waals surface area contributed by atoms with E-state index in [0.29, 0.717) is 6.04 Å². The molecule has 0 bridgehead atoms. The highest BCUT2D eigenvalue weighted by molar-refractivity contribution is 7.10. The summed E-state index contributed by atoms with van der Waals surface area (Å²) in [6, 6.07) is 11.5. The van der Waals surface area contributed by atoms with Gasteiger partial charge in [-0.3, -0.25) is 9.89 Å². The van der Waals surface area contributed by atoms with Gasteiger partial charge in [0.2, 0.25) is 0 Å². The predicted molar refractivity (Wildman–Crippen MR) is 120 cm³/mol. The number of rotatable bonds is 5. The lowest BCUT2D eigenvalue weighted by Gasteiger charge is -2.27. The van der Waals surface area contributed by atoms with Crippen molar-refractivity contribution >= 4 is 23.0 Å². The van der Waals surface area contributed by atoms with Gasteiger partial charge in [-0.2, -0.15) is 0 Å². The van der Waals surface area contributed by atoms with E-state index in [1.807, 2.05) is 18.4 Å². The summed E-state index contributed by atoms with van der Waals surface area (Å²) < 4.78 is 0. The van der Waals surface area contributed by atoms with Crippen LogP contribution in [0.1, 0.15) is 22.4 Å². The van der Waals surface area contributed by atoms with Crippen LogP contribution in [0.15, 0.2) is 40.7 Å². The summed E-state index contributed by atoms with van der Waals surface area (Å²) in [7, 11) is 1.86. The van der Waals surface area contributed by atoms with Crippen LogP contribution < -0.4 is 15.5 Å². The van der Waals surface area contributed by atoms with Crippen molar-refractivity contribution in [3.63, 3.8) is 0 Å². The van der Waals surface area contributed by atoms with E-state index in [1.54, 1.807) is 4.88 Å². The van der Waals surface area contributed by atoms with Crippen LogP contribution in [0.4, 0.5) is 5.69 Å². The molecule has 1 atom stereocenters. The minimum atomic E-state index is 0.441. The predicted octanol–water partition coefficient (Wildman–Crippen LogP) is 2.86. The molecule has 5 nitrogen and oxygen atoms in total. The average Bonchev–Trinajstić information content (AvgIpc) is 3.37. The molecule has 2 N–H and O–H groups in total. The Hall–Kier alpha value is -2.05. The van der Waals surface area contributed by atoms with Crippen molar-refractivity contribution in [1.29, 1.82) is 0 Å². The van der Waals surface area contributed by atoms with Gasteiger partial charge in [-0.1, -0.05) is 17.7 Å². The highest BCUT2D eigenvalue weighted by Crippen LogP contribution is 2.23. The van der Waals surface area contributed by atoms with Crippen molar-refractivity contribution in [1.82, 2.24) is 15.5 Å². The summed E-state index contributed by atoms with van der Waals surface area (Å²) >= 11 is 1.90. The van der Waals surface area contributed by atoms with Crippen LogP contribution in [0, 0.1) is 6.92 Å². The molecule has 0 saturated carbocycles. The van der Waals surface area contributed by atoms with Crippen LogP contribution >= 0.6 is 11.3 Å². The molecular formula is C22H31N5S. The van der Waals surface area contributed by atoms with Crippen molar-refractivity contribution in [2.24, 2.45) is 4.99 Å². The number of thiophene rings is 1. The second kappa shape index (κ2) is 8.97. The Bertz CT molecular complexity index is 798. The molecule has 6 heteroatoms. The van der Waals surface area contributed by atoms with Crippen LogP contribution in [0.3, 0.4) is 0 Å². The molecule has 2 aliphatic heterocycles. The third kappa shape index (κ3) is 4.67. The van der Waals surface area contributed by atoms with E-state index < -0.39 is 0 Å². The fourth-order valence-corrected chi connectivity index (χ4v) is 4.98. The number of hydrogen-bond donors (Lipinski definition) is 2. The van der Waals surface area contributed by atoms with Crippen molar-refractivity contribution < 1.29 is 0 Å². The maximum Gasteiger partial charge on any atom is 0.191 e. The standard InChI is InChI=1S/C22H31N5S/c1-17-3-5-20(6-4-17)27-12-7-19(16-27)25-22(23-2)24-10-13-26-11-8-21-18(15-26)9-14-28-21/h3-6,9,14,19H,7-8,10-13,15-16H2,1-2H3,(H2,23,24,25). The largest absolute Gasteiger partial charge is 0.369 e. The topological polar surface area (TPSA) is 42.9 Å². The highest BCUT2D eigenvalue weighted by atomic mass is 32.1. The Morgan fingerprint density at radius 2 is 2.07 bits per heavy atom. The Kier molecular flexibility index (Phi) is 6.17. The fourth-order valence-electron chi connectivity index (χ4n) is 4.09. The van der Waals surface area contributed by atoms with E-state index in [1.165, 1.54) is 23.2 Å². The summed E-state index contributed by atoms with van der Waals surface area (Å²) in [6.07, 6.45) is 2.33. The van der Waals surface area contributed by atoms with Gasteiger partial charge in [0.25, 0.3) is 0 Å². The number of anilines is 1. The summed E-state index contributed by atoms with van der Waals surface area (Å²) in [5, 5.41) is 9.33. The number of fused-ring (bicyclic) bond motifs is 1. The highest BCUT2D eigenvalue weighted by Gasteiger charge is 2.23. The molecule has 1 aromatic carbocycles. The maximum atomic E-state index is 4.43. The average molecular weight is 398 g/mol. The van der Waals surface area contributed by atoms with Gasteiger partial charge in [-0.25, -0.2) is 0 Å². The van der Waals surface area contributed by atoms with Crippen LogP contribution in [0.2, 0.25) is 0 Å². The minimum Gasteiger partial charge on any atom is -0.369 e. The molecule has 150 valence electrons. The van der Waals surface area contributed by atoms with E-state index in [2.05, 4.69) is 68.1 Å². The smallest absolute Gasteiger partial charge is 0.191 e. The zero-order chi connectivity index (χ0) is 19.3. The molecule has 0 radical (unpaired) electrons. The van der Waals surface area contributed by atoms with Gasteiger partial charge < -0.3 is 15.5 Å². The van der Waals surface area contributed by atoms with Crippen LogP contribution in [-0.4, -0.2) is 56.7 Å². The lowest BCUT2D eigenvalue weighted by Crippen LogP contribution is -2.47. The zero-order valence-electron chi connectivity index (χ0n) is 16.9. The normalized spacial score (nSPS) is 20.3. The lowest BCUT2D eigenvalue weighted by atomic mass is 10.1. The molecule has 0 aliphatic carbocycles. The van der Waals surface area contributed by atoms with Crippen molar-refractivity contribution in [2.75, 3.05) is 44.7 Å². The Morgan fingerprint density at radius 1 is 1.21 bits per heavy atom. The minimum absolute atomic E-state index is 0.441. The van der Waals surface area contributed by atoms with E-state index >= 15 is 0 Å². The first-order valence-electron chi connectivity index (χ1n) is 10.3. The van der Waals surface area contributed by atoms with E-state index in [9.17, 15) is 0 Å². The number of aryl methyl sites for hydroxylation is 1. The fraction of sp³-hybridized carbons (Fsp3) is 0.500. The molecular weight excluding hydrogens is 366 g/mol. The molecule has 28 heavy (non-hydrogen) atoms.